The third-order valence-electron chi connectivity index (χ3n) is 7.20. The normalized spacial score (nSPS) is 19.7. The Kier molecular flexibility index (Phi) is 7.17. The van der Waals surface area contributed by atoms with Crippen LogP contribution in [0.4, 0.5) is 22.9 Å². The van der Waals surface area contributed by atoms with Crippen LogP contribution < -0.4 is 9.80 Å². The molecule has 2 atom stereocenters. The van der Waals surface area contributed by atoms with Crippen LogP contribution in [0.1, 0.15) is 55.3 Å². The number of piperidine rings is 1. The van der Waals surface area contributed by atoms with Crippen LogP contribution in [-0.2, 0) is 0 Å². The first kappa shape index (κ1) is 25.2. The van der Waals surface area contributed by atoms with Crippen LogP contribution in [0.2, 0.25) is 10.0 Å². The van der Waals surface area contributed by atoms with Gasteiger partial charge in [0.25, 0.3) is 11.4 Å². The van der Waals surface area contributed by atoms with Gasteiger partial charge in [-0.3, -0.25) is 20.2 Å². The van der Waals surface area contributed by atoms with Crippen molar-refractivity contribution in [1.29, 1.82) is 0 Å². The molecule has 3 heterocycles. The van der Waals surface area contributed by atoms with E-state index in [0.717, 1.165) is 48.6 Å². The summed E-state index contributed by atoms with van der Waals surface area (Å²) >= 11 is 12.2. The Labute approximate surface area is 223 Å². The molecule has 2 saturated heterocycles. The number of pyridine rings is 1. The summed E-state index contributed by atoms with van der Waals surface area (Å²) in [6.07, 6.45) is 6.71. The van der Waals surface area contributed by atoms with Crippen LogP contribution in [0, 0.1) is 20.2 Å². The molecule has 9 nitrogen and oxygen atoms in total. The predicted molar refractivity (Wildman–Crippen MR) is 144 cm³/mol. The van der Waals surface area contributed by atoms with E-state index in [2.05, 4.69) is 9.80 Å². The second kappa shape index (κ2) is 10.5. The van der Waals surface area contributed by atoms with E-state index in [1.54, 1.807) is 24.3 Å². The van der Waals surface area contributed by atoms with Gasteiger partial charge >= 0.3 is 0 Å². The van der Waals surface area contributed by atoms with E-state index in [1.165, 1.54) is 18.6 Å². The molecule has 11 heteroatoms. The van der Waals surface area contributed by atoms with Gasteiger partial charge in [-0.05, 0) is 67.5 Å². The Morgan fingerprint density at radius 2 is 1.32 bits per heavy atom. The summed E-state index contributed by atoms with van der Waals surface area (Å²) in [5.41, 5.74) is 2.04. The summed E-state index contributed by atoms with van der Waals surface area (Å²) < 4.78 is 0. The molecule has 1 aromatic heterocycles. The number of nitro benzene ring substituents is 2. The molecular weight excluding hydrogens is 517 g/mol. The van der Waals surface area contributed by atoms with Gasteiger partial charge in [0, 0.05) is 25.2 Å². The second-order valence-electron chi connectivity index (χ2n) is 9.37. The quantitative estimate of drug-likeness (QED) is 0.238. The number of hydrogen-bond acceptors (Lipinski definition) is 7. The SMILES string of the molecule is O=[N+]([O-])c1cc([C@@H]2CC[C@@H](c3ccc(Cl)c([N+](=O)[O-])c3)N2c2ccc(N3CCCCC3)nc2)ccc1Cl. The Morgan fingerprint density at radius 1 is 0.784 bits per heavy atom. The Bertz CT molecular complexity index is 1260. The van der Waals surface area contributed by atoms with E-state index in [0.29, 0.717) is 12.8 Å². The maximum Gasteiger partial charge on any atom is 0.288 e. The van der Waals surface area contributed by atoms with E-state index in [9.17, 15) is 20.2 Å². The van der Waals surface area contributed by atoms with E-state index >= 15 is 0 Å². The minimum absolute atomic E-state index is 0.0794. The van der Waals surface area contributed by atoms with E-state index in [1.807, 2.05) is 18.3 Å². The van der Waals surface area contributed by atoms with Crippen LogP contribution in [0.5, 0.6) is 0 Å². The molecule has 0 aliphatic carbocycles. The van der Waals surface area contributed by atoms with Crippen molar-refractivity contribution >= 4 is 46.1 Å². The average molecular weight is 542 g/mol. The van der Waals surface area contributed by atoms with Crippen molar-refractivity contribution in [3.63, 3.8) is 0 Å². The van der Waals surface area contributed by atoms with Crippen molar-refractivity contribution in [1.82, 2.24) is 4.98 Å². The van der Waals surface area contributed by atoms with Gasteiger partial charge in [-0.25, -0.2) is 4.98 Å². The standard InChI is InChI=1S/C26H25Cl2N5O4/c27-20-7-4-17(14-24(20)32(34)35)22-9-10-23(18-5-8-21(28)25(15-18)33(36)37)31(22)19-6-11-26(29-16-19)30-12-2-1-3-13-30/h4-8,11,14-16,22-23H,1-3,9-10,12-13H2/t22-,23-/m0/s1. The molecule has 5 rings (SSSR count). The van der Waals surface area contributed by atoms with E-state index < -0.39 is 9.85 Å². The van der Waals surface area contributed by atoms with Gasteiger partial charge in [-0.2, -0.15) is 0 Å². The van der Waals surface area contributed by atoms with Crippen LogP contribution in [0.3, 0.4) is 0 Å². The van der Waals surface area contributed by atoms with Gasteiger partial charge in [0.1, 0.15) is 15.9 Å². The van der Waals surface area contributed by atoms with Crippen molar-refractivity contribution in [2.75, 3.05) is 22.9 Å². The zero-order valence-electron chi connectivity index (χ0n) is 19.9. The van der Waals surface area contributed by atoms with Gasteiger partial charge < -0.3 is 9.80 Å². The van der Waals surface area contributed by atoms with Crippen LogP contribution in [0.15, 0.2) is 54.7 Å². The summed E-state index contributed by atoms with van der Waals surface area (Å²) in [7, 11) is 0. The monoisotopic (exact) mass is 541 g/mol. The summed E-state index contributed by atoms with van der Waals surface area (Å²) in [6, 6.07) is 13.3. The minimum Gasteiger partial charge on any atom is -0.357 e. The first-order valence-corrected chi connectivity index (χ1v) is 13.0. The Balaban J connectivity index is 1.56. The predicted octanol–water partition coefficient (Wildman–Crippen LogP) is 7.28. The lowest BCUT2D eigenvalue weighted by Gasteiger charge is -2.34. The number of nitrogens with zero attached hydrogens (tertiary/aromatic N) is 5. The van der Waals surface area contributed by atoms with Crippen molar-refractivity contribution < 1.29 is 9.85 Å². The van der Waals surface area contributed by atoms with Crippen LogP contribution in [0.25, 0.3) is 0 Å². The van der Waals surface area contributed by atoms with Crippen LogP contribution >= 0.6 is 23.2 Å². The lowest BCUT2D eigenvalue weighted by atomic mass is 10.0. The summed E-state index contributed by atoms with van der Waals surface area (Å²) in [5, 5.41) is 23.3. The van der Waals surface area contributed by atoms with Gasteiger partial charge in [0.05, 0.1) is 33.8 Å². The van der Waals surface area contributed by atoms with Crippen molar-refractivity contribution in [2.24, 2.45) is 0 Å². The van der Waals surface area contributed by atoms with E-state index in [4.69, 9.17) is 28.2 Å². The number of halogens is 2. The Morgan fingerprint density at radius 3 is 1.78 bits per heavy atom. The molecule has 192 valence electrons. The zero-order valence-corrected chi connectivity index (χ0v) is 21.4. The maximum absolute atomic E-state index is 11.6. The highest BCUT2D eigenvalue weighted by Gasteiger charge is 2.37. The minimum atomic E-state index is -0.486. The number of nitro groups is 2. The molecule has 0 unspecified atom stereocenters. The molecule has 37 heavy (non-hydrogen) atoms. The molecule has 0 bridgehead atoms. The first-order valence-electron chi connectivity index (χ1n) is 12.2. The van der Waals surface area contributed by atoms with E-state index in [-0.39, 0.29) is 33.5 Å². The van der Waals surface area contributed by atoms with Crippen LogP contribution in [-0.4, -0.2) is 27.9 Å². The highest BCUT2D eigenvalue weighted by molar-refractivity contribution is 6.33. The number of rotatable bonds is 6. The molecule has 2 aliphatic heterocycles. The molecule has 0 saturated carbocycles. The summed E-state index contributed by atoms with van der Waals surface area (Å²) in [6.45, 7) is 1.95. The molecule has 0 amide bonds. The number of hydrogen-bond donors (Lipinski definition) is 0. The van der Waals surface area contributed by atoms with Gasteiger partial charge in [0.15, 0.2) is 0 Å². The van der Waals surface area contributed by atoms with Crippen molar-refractivity contribution in [3.8, 4) is 0 Å². The molecule has 0 radical (unpaired) electrons. The summed E-state index contributed by atoms with van der Waals surface area (Å²) in [4.78, 5) is 31.3. The van der Waals surface area contributed by atoms with Gasteiger partial charge in [-0.15, -0.1) is 0 Å². The highest BCUT2D eigenvalue weighted by atomic mass is 35.5. The second-order valence-corrected chi connectivity index (χ2v) is 10.2. The highest BCUT2D eigenvalue weighted by Crippen LogP contribution is 2.48. The zero-order chi connectivity index (χ0) is 26.1. The number of benzene rings is 2. The first-order chi connectivity index (χ1) is 17.8. The maximum atomic E-state index is 11.6. The van der Waals surface area contributed by atoms with Gasteiger partial charge in [-0.1, -0.05) is 35.3 Å². The Hall–Kier alpha value is -3.43. The lowest BCUT2D eigenvalue weighted by Crippen LogP contribution is -2.30. The largest absolute Gasteiger partial charge is 0.357 e. The fourth-order valence-electron chi connectivity index (χ4n) is 5.42. The number of aromatic nitrogens is 1. The smallest absolute Gasteiger partial charge is 0.288 e. The molecule has 2 aliphatic rings. The van der Waals surface area contributed by atoms with Crippen molar-refractivity contribution in [2.45, 2.75) is 44.2 Å². The fraction of sp³-hybridized carbons (Fsp3) is 0.346. The third kappa shape index (κ3) is 5.06. The fourth-order valence-corrected chi connectivity index (χ4v) is 5.79. The molecule has 2 fully saturated rings. The third-order valence-corrected chi connectivity index (χ3v) is 7.84. The number of anilines is 2. The van der Waals surface area contributed by atoms with Gasteiger partial charge in [0.2, 0.25) is 0 Å². The molecule has 0 N–H and O–H groups in total. The average Bonchev–Trinajstić information content (AvgIpc) is 3.34. The van der Waals surface area contributed by atoms with Crippen molar-refractivity contribution in [3.05, 3.63) is 96.1 Å². The molecular formula is C26H25Cl2N5O4. The summed E-state index contributed by atoms with van der Waals surface area (Å²) in [5.74, 6) is 0.917. The molecule has 3 aromatic rings. The molecule has 0 spiro atoms. The lowest BCUT2D eigenvalue weighted by molar-refractivity contribution is -0.384. The topological polar surface area (TPSA) is 106 Å². The molecule has 2 aromatic carbocycles.